The maximum absolute atomic E-state index is 9.93. The number of aliphatic hydroxyl groups is 2. The van der Waals surface area contributed by atoms with Crippen molar-refractivity contribution in [1.29, 1.82) is 0 Å². The molecule has 0 aliphatic rings. The van der Waals surface area contributed by atoms with E-state index >= 15 is 0 Å². The summed E-state index contributed by atoms with van der Waals surface area (Å²) >= 11 is 0. The number of phenols is 1. The smallest absolute Gasteiger partial charge is 0.137 e. The van der Waals surface area contributed by atoms with Crippen LogP contribution in [0.5, 0.6) is 5.75 Å². The molecule has 0 spiro atoms. The van der Waals surface area contributed by atoms with Gasteiger partial charge in [0.1, 0.15) is 30.0 Å². The average molecular weight is 220 g/mol. The second-order valence-electron chi connectivity index (χ2n) is 3.46. The predicted molar refractivity (Wildman–Crippen MR) is 56.8 cm³/mol. The summed E-state index contributed by atoms with van der Waals surface area (Å²) in [6, 6.07) is 9.44. The first-order chi connectivity index (χ1) is 7.70. The lowest BCUT2D eigenvalue weighted by Gasteiger charge is -2.07. The highest BCUT2D eigenvalue weighted by Crippen LogP contribution is 2.25. The van der Waals surface area contributed by atoms with Gasteiger partial charge in [-0.3, -0.25) is 0 Å². The van der Waals surface area contributed by atoms with Gasteiger partial charge in [-0.2, -0.15) is 0 Å². The van der Waals surface area contributed by atoms with Crippen LogP contribution in [0.2, 0.25) is 0 Å². The molecular weight excluding hydrogens is 208 g/mol. The second-order valence-corrected chi connectivity index (χ2v) is 3.46. The van der Waals surface area contributed by atoms with Crippen LogP contribution in [0.25, 0.3) is 0 Å². The van der Waals surface area contributed by atoms with E-state index in [4.69, 9.17) is 14.6 Å². The Balaban J connectivity index is 2.24. The van der Waals surface area contributed by atoms with Crippen LogP contribution in [0.1, 0.15) is 23.2 Å². The van der Waals surface area contributed by atoms with Crippen molar-refractivity contribution < 1.29 is 19.7 Å². The topological polar surface area (TPSA) is 73.8 Å². The summed E-state index contributed by atoms with van der Waals surface area (Å²) in [7, 11) is 0. The molecule has 1 heterocycles. The largest absolute Gasteiger partial charge is 0.508 e. The number of aromatic hydroxyl groups is 1. The average Bonchev–Trinajstić information content (AvgIpc) is 2.77. The first-order valence-electron chi connectivity index (χ1n) is 4.87. The van der Waals surface area contributed by atoms with Crippen LogP contribution in [-0.4, -0.2) is 15.3 Å². The van der Waals surface area contributed by atoms with Crippen molar-refractivity contribution in [2.24, 2.45) is 0 Å². The van der Waals surface area contributed by atoms with Crippen molar-refractivity contribution in [3.63, 3.8) is 0 Å². The van der Waals surface area contributed by atoms with Gasteiger partial charge in [0.25, 0.3) is 0 Å². The van der Waals surface area contributed by atoms with Gasteiger partial charge in [-0.15, -0.1) is 0 Å². The normalized spacial score (nSPS) is 12.6. The lowest BCUT2D eigenvalue weighted by Crippen LogP contribution is -1.97. The van der Waals surface area contributed by atoms with Gasteiger partial charge in [0.15, 0.2) is 0 Å². The van der Waals surface area contributed by atoms with Gasteiger partial charge in [0.05, 0.1) is 0 Å². The number of hydrogen-bond acceptors (Lipinski definition) is 4. The maximum Gasteiger partial charge on any atom is 0.137 e. The van der Waals surface area contributed by atoms with Crippen LogP contribution >= 0.6 is 0 Å². The van der Waals surface area contributed by atoms with Gasteiger partial charge < -0.3 is 19.7 Å². The molecule has 2 rings (SSSR count). The van der Waals surface area contributed by atoms with Gasteiger partial charge >= 0.3 is 0 Å². The highest BCUT2D eigenvalue weighted by Gasteiger charge is 2.14. The number of benzene rings is 1. The fraction of sp³-hybridized carbons (Fsp3) is 0.167. The molecule has 1 aromatic heterocycles. The standard InChI is InChI=1S/C12H12O4/c13-7-10-5-6-11(16-10)12(15)8-1-3-9(14)4-2-8/h1-6,12-15H,7H2. The summed E-state index contributed by atoms with van der Waals surface area (Å²) in [4.78, 5) is 0. The number of aliphatic hydroxyl groups excluding tert-OH is 2. The molecule has 0 fully saturated rings. The Bertz CT molecular complexity index is 458. The van der Waals surface area contributed by atoms with Crippen molar-refractivity contribution in [2.45, 2.75) is 12.7 Å². The lowest BCUT2D eigenvalue weighted by atomic mass is 10.1. The first-order valence-corrected chi connectivity index (χ1v) is 4.87. The summed E-state index contributed by atoms with van der Waals surface area (Å²) in [6.45, 7) is -0.192. The maximum atomic E-state index is 9.93. The molecule has 1 atom stereocenters. The minimum atomic E-state index is -0.888. The Labute approximate surface area is 92.4 Å². The van der Waals surface area contributed by atoms with E-state index in [9.17, 15) is 5.11 Å². The number of rotatable bonds is 3. The summed E-state index contributed by atoms with van der Waals surface area (Å²) in [5.41, 5.74) is 0.622. The summed E-state index contributed by atoms with van der Waals surface area (Å²) in [5.74, 6) is 0.925. The van der Waals surface area contributed by atoms with Crippen LogP contribution in [0.15, 0.2) is 40.8 Å². The van der Waals surface area contributed by atoms with Crippen LogP contribution < -0.4 is 0 Å². The Morgan fingerprint density at radius 3 is 2.31 bits per heavy atom. The van der Waals surface area contributed by atoms with E-state index in [1.807, 2.05) is 0 Å². The van der Waals surface area contributed by atoms with Crippen LogP contribution in [-0.2, 0) is 6.61 Å². The second kappa shape index (κ2) is 4.38. The third kappa shape index (κ3) is 2.08. The Hall–Kier alpha value is -1.78. The van der Waals surface area contributed by atoms with E-state index in [0.717, 1.165) is 0 Å². The third-order valence-corrected chi connectivity index (χ3v) is 2.32. The van der Waals surface area contributed by atoms with Crippen molar-refractivity contribution in [3.8, 4) is 5.75 Å². The molecular formula is C12H12O4. The SMILES string of the molecule is OCc1ccc(C(O)c2ccc(O)cc2)o1. The van der Waals surface area contributed by atoms with Crippen molar-refractivity contribution in [1.82, 2.24) is 0 Å². The van der Waals surface area contributed by atoms with Crippen LogP contribution in [0, 0.1) is 0 Å². The Morgan fingerprint density at radius 1 is 1.06 bits per heavy atom. The predicted octanol–water partition coefficient (Wildman–Crippen LogP) is 1.56. The molecule has 4 heteroatoms. The summed E-state index contributed by atoms with van der Waals surface area (Å²) in [6.07, 6.45) is -0.888. The van der Waals surface area contributed by atoms with E-state index in [1.165, 1.54) is 12.1 Å². The van der Waals surface area contributed by atoms with E-state index in [1.54, 1.807) is 24.3 Å². The molecule has 4 nitrogen and oxygen atoms in total. The fourth-order valence-corrected chi connectivity index (χ4v) is 1.45. The molecule has 0 radical (unpaired) electrons. The molecule has 0 aliphatic carbocycles. The molecule has 0 amide bonds. The van der Waals surface area contributed by atoms with Gasteiger partial charge in [-0.25, -0.2) is 0 Å². The Morgan fingerprint density at radius 2 is 1.75 bits per heavy atom. The minimum Gasteiger partial charge on any atom is -0.508 e. The highest BCUT2D eigenvalue weighted by molar-refractivity contribution is 5.30. The minimum absolute atomic E-state index is 0.145. The van der Waals surface area contributed by atoms with Gasteiger partial charge in [0, 0.05) is 0 Å². The molecule has 0 saturated heterocycles. The highest BCUT2D eigenvalue weighted by atomic mass is 16.4. The zero-order valence-corrected chi connectivity index (χ0v) is 8.50. The molecule has 0 aliphatic heterocycles. The Kier molecular flexibility index (Phi) is 2.94. The molecule has 2 aromatic rings. The van der Waals surface area contributed by atoms with E-state index in [2.05, 4.69) is 0 Å². The van der Waals surface area contributed by atoms with E-state index in [-0.39, 0.29) is 12.4 Å². The molecule has 1 aromatic carbocycles. The quantitative estimate of drug-likeness (QED) is 0.733. The molecule has 0 bridgehead atoms. The summed E-state index contributed by atoms with van der Waals surface area (Å²) < 4.78 is 5.22. The van der Waals surface area contributed by atoms with Crippen molar-refractivity contribution in [3.05, 3.63) is 53.5 Å². The number of phenolic OH excluding ortho intramolecular Hbond substituents is 1. The fourth-order valence-electron chi connectivity index (χ4n) is 1.45. The lowest BCUT2D eigenvalue weighted by molar-refractivity contribution is 0.176. The van der Waals surface area contributed by atoms with E-state index in [0.29, 0.717) is 17.1 Å². The van der Waals surface area contributed by atoms with E-state index < -0.39 is 6.10 Å². The van der Waals surface area contributed by atoms with Crippen molar-refractivity contribution >= 4 is 0 Å². The van der Waals surface area contributed by atoms with Crippen molar-refractivity contribution in [2.75, 3.05) is 0 Å². The molecule has 0 saturated carbocycles. The molecule has 3 N–H and O–H groups in total. The summed E-state index contributed by atoms with van der Waals surface area (Å²) in [5, 5.41) is 27.9. The number of hydrogen-bond donors (Lipinski definition) is 3. The first kappa shape index (κ1) is 10.7. The van der Waals surface area contributed by atoms with Gasteiger partial charge in [-0.05, 0) is 29.8 Å². The van der Waals surface area contributed by atoms with Gasteiger partial charge in [0.2, 0.25) is 0 Å². The third-order valence-electron chi connectivity index (χ3n) is 2.32. The zero-order chi connectivity index (χ0) is 11.5. The van der Waals surface area contributed by atoms with Crippen LogP contribution in [0.4, 0.5) is 0 Å². The number of furan rings is 1. The molecule has 84 valence electrons. The molecule has 1 unspecified atom stereocenters. The monoisotopic (exact) mass is 220 g/mol. The van der Waals surface area contributed by atoms with Gasteiger partial charge in [-0.1, -0.05) is 12.1 Å². The zero-order valence-electron chi connectivity index (χ0n) is 8.50. The molecule has 16 heavy (non-hydrogen) atoms. The van der Waals surface area contributed by atoms with Crippen LogP contribution in [0.3, 0.4) is 0 Å².